The van der Waals surface area contributed by atoms with E-state index in [1.165, 1.54) is 18.6 Å². The highest BCUT2D eigenvalue weighted by atomic mass is 32.2. The lowest BCUT2D eigenvalue weighted by Crippen LogP contribution is -2.43. The van der Waals surface area contributed by atoms with Crippen LogP contribution in [0.2, 0.25) is 0 Å². The molecule has 3 nitrogen and oxygen atoms in total. The van der Waals surface area contributed by atoms with Gasteiger partial charge in [0.1, 0.15) is 0 Å². The monoisotopic (exact) mass is 229 g/mol. The molecule has 0 aromatic heterocycles. The van der Waals surface area contributed by atoms with Crippen molar-refractivity contribution in [1.82, 2.24) is 10.6 Å². The van der Waals surface area contributed by atoms with Crippen molar-refractivity contribution in [2.75, 3.05) is 25.9 Å². The van der Waals surface area contributed by atoms with Gasteiger partial charge in [0.05, 0.1) is 0 Å². The highest BCUT2D eigenvalue weighted by Gasteiger charge is 2.29. The summed E-state index contributed by atoms with van der Waals surface area (Å²) in [5.74, 6) is 2.24. The number of nitrogens with zero attached hydrogens (tertiary/aromatic N) is 1. The molecule has 1 fully saturated rings. The highest BCUT2D eigenvalue weighted by Crippen LogP contribution is 2.36. The molecule has 15 heavy (non-hydrogen) atoms. The zero-order valence-electron chi connectivity index (χ0n) is 10.1. The molecule has 0 aromatic carbocycles. The van der Waals surface area contributed by atoms with E-state index in [1.54, 1.807) is 0 Å². The number of rotatable bonds is 4. The molecule has 0 saturated carbocycles. The lowest BCUT2D eigenvalue weighted by Gasteiger charge is -2.24. The quantitative estimate of drug-likeness (QED) is 0.570. The first-order valence-electron chi connectivity index (χ1n) is 5.78. The molecule has 88 valence electrons. The second-order valence-corrected chi connectivity index (χ2v) is 5.94. The Kier molecular flexibility index (Phi) is 5.29. The van der Waals surface area contributed by atoms with Crippen LogP contribution in [0.4, 0.5) is 0 Å². The Balaban J connectivity index is 2.27. The lowest BCUT2D eigenvalue weighted by atomic mass is 10.1. The van der Waals surface area contributed by atoms with Crippen LogP contribution < -0.4 is 10.6 Å². The molecule has 0 aromatic rings. The Morgan fingerprint density at radius 1 is 1.47 bits per heavy atom. The maximum Gasteiger partial charge on any atom is 0.191 e. The molecule has 0 radical (unpaired) electrons. The third-order valence-corrected chi connectivity index (χ3v) is 4.23. The van der Waals surface area contributed by atoms with Crippen molar-refractivity contribution in [2.45, 2.75) is 37.9 Å². The molecule has 1 rings (SSSR count). The van der Waals surface area contributed by atoms with Gasteiger partial charge in [-0.1, -0.05) is 6.92 Å². The van der Waals surface area contributed by atoms with E-state index in [-0.39, 0.29) is 0 Å². The fourth-order valence-corrected chi connectivity index (χ4v) is 2.96. The number of hydrogen-bond acceptors (Lipinski definition) is 2. The average molecular weight is 229 g/mol. The zero-order valence-corrected chi connectivity index (χ0v) is 10.9. The largest absolute Gasteiger partial charge is 0.356 e. The SMILES string of the molecule is CCCNC(=NC)NCC1(C)CCCS1. The zero-order chi connectivity index (χ0) is 11.1. The first-order chi connectivity index (χ1) is 7.20. The van der Waals surface area contributed by atoms with Crippen molar-refractivity contribution in [1.29, 1.82) is 0 Å². The van der Waals surface area contributed by atoms with Crippen molar-refractivity contribution < 1.29 is 0 Å². The highest BCUT2D eigenvalue weighted by molar-refractivity contribution is 8.00. The van der Waals surface area contributed by atoms with E-state index in [0.29, 0.717) is 4.75 Å². The Bertz CT molecular complexity index is 210. The minimum absolute atomic E-state index is 0.407. The van der Waals surface area contributed by atoms with E-state index in [1.807, 2.05) is 7.05 Å². The fourth-order valence-electron chi connectivity index (χ4n) is 1.71. The summed E-state index contributed by atoms with van der Waals surface area (Å²) in [6.07, 6.45) is 3.80. The van der Waals surface area contributed by atoms with E-state index >= 15 is 0 Å². The molecule has 0 aliphatic carbocycles. The summed E-state index contributed by atoms with van der Waals surface area (Å²) in [5.41, 5.74) is 0. The standard InChI is InChI=1S/C11H23N3S/c1-4-7-13-10(12-3)14-9-11(2)6-5-8-15-11/h4-9H2,1-3H3,(H2,12,13,14). The third-order valence-electron chi connectivity index (χ3n) is 2.70. The Morgan fingerprint density at radius 2 is 2.27 bits per heavy atom. The third kappa shape index (κ3) is 4.33. The molecule has 1 unspecified atom stereocenters. The summed E-state index contributed by atoms with van der Waals surface area (Å²) in [6.45, 7) is 6.50. The number of hydrogen-bond donors (Lipinski definition) is 2. The molecule has 1 heterocycles. The van der Waals surface area contributed by atoms with Crippen molar-refractivity contribution in [2.24, 2.45) is 4.99 Å². The van der Waals surface area contributed by atoms with Crippen LogP contribution in [-0.4, -0.2) is 36.6 Å². The summed E-state index contributed by atoms with van der Waals surface area (Å²) < 4.78 is 0.407. The van der Waals surface area contributed by atoms with Gasteiger partial charge in [0.25, 0.3) is 0 Å². The van der Waals surface area contributed by atoms with Gasteiger partial charge in [-0.15, -0.1) is 0 Å². The molecular weight excluding hydrogens is 206 g/mol. The molecule has 1 aliphatic rings. The van der Waals surface area contributed by atoms with Crippen LogP contribution in [0.3, 0.4) is 0 Å². The van der Waals surface area contributed by atoms with E-state index < -0.39 is 0 Å². The van der Waals surface area contributed by atoms with Crippen LogP contribution in [0.15, 0.2) is 4.99 Å². The van der Waals surface area contributed by atoms with Gasteiger partial charge in [0.15, 0.2) is 5.96 Å². The summed E-state index contributed by atoms with van der Waals surface area (Å²) in [5, 5.41) is 6.69. The van der Waals surface area contributed by atoms with Gasteiger partial charge in [-0.2, -0.15) is 11.8 Å². The van der Waals surface area contributed by atoms with E-state index in [4.69, 9.17) is 0 Å². The maximum atomic E-state index is 4.20. The van der Waals surface area contributed by atoms with Crippen molar-refractivity contribution in [3.63, 3.8) is 0 Å². The topological polar surface area (TPSA) is 36.4 Å². The molecule has 1 saturated heterocycles. The summed E-state index contributed by atoms with van der Waals surface area (Å²) in [6, 6.07) is 0. The van der Waals surface area contributed by atoms with Gasteiger partial charge >= 0.3 is 0 Å². The van der Waals surface area contributed by atoms with Crippen LogP contribution >= 0.6 is 11.8 Å². The molecular formula is C11H23N3S. The molecule has 2 N–H and O–H groups in total. The summed E-state index contributed by atoms with van der Waals surface area (Å²) >= 11 is 2.08. The van der Waals surface area contributed by atoms with Gasteiger partial charge in [-0.25, -0.2) is 0 Å². The van der Waals surface area contributed by atoms with Gasteiger partial charge < -0.3 is 10.6 Å². The molecule has 1 atom stereocenters. The number of guanidine groups is 1. The molecule has 0 amide bonds. The molecule has 1 aliphatic heterocycles. The molecule has 4 heteroatoms. The van der Waals surface area contributed by atoms with Crippen LogP contribution in [0.25, 0.3) is 0 Å². The minimum atomic E-state index is 0.407. The summed E-state index contributed by atoms with van der Waals surface area (Å²) in [4.78, 5) is 4.20. The Morgan fingerprint density at radius 3 is 2.80 bits per heavy atom. The van der Waals surface area contributed by atoms with Gasteiger partial charge in [0.2, 0.25) is 0 Å². The Hall–Kier alpha value is -0.380. The smallest absolute Gasteiger partial charge is 0.191 e. The predicted molar refractivity (Wildman–Crippen MR) is 69.8 cm³/mol. The lowest BCUT2D eigenvalue weighted by molar-refractivity contribution is 0.584. The second-order valence-electron chi connectivity index (χ2n) is 4.25. The van der Waals surface area contributed by atoms with Gasteiger partial charge in [0, 0.05) is 24.9 Å². The average Bonchev–Trinajstić information content (AvgIpc) is 2.66. The maximum absolute atomic E-state index is 4.20. The second kappa shape index (κ2) is 6.26. The first kappa shape index (κ1) is 12.7. The normalized spacial score (nSPS) is 26.7. The number of aliphatic imine (C=N–C) groups is 1. The Labute approximate surface area is 97.5 Å². The predicted octanol–water partition coefficient (Wildman–Crippen LogP) is 1.85. The van der Waals surface area contributed by atoms with Crippen LogP contribution in [-0.2, 0) is 0 Å². The number of nitrogens with one attached hydrogen (secondary N) is 2. The first-order valence-corrected chi connectivity index (χ1v) is 6.77. The van der Waals surface area contributed by atoms with E-state index in [2.05, 4.69) is 41.2 Å². The van der Waals surface area contributed by atoms with E-state index in [0.717, 1.165) is 25.5 Å². The molecule has 0 bridgehead atoms. The number of thioether (sulfide) groups is 1. The van der Waals surface area contributed by atoms with E-state index in [9.17, 15) is 0 Å². The van der Waals surface area contributed by atoms with Crippen LogP contribution in [0.5, 0.6) is 0 Å². The fraction of sp³-hybridized carbons (Fsp3) is 0.909. The summed E-state index contributed by atoms with van der Waals surface area (Å²) in [7, 11) is 1.83. The van der Waals surface area contributed by atoms with Gasteiger partial charge in [-0.3, -0.25) is 4.99 Å². The van der Waals surface area contributed by atoms with Crippen molar-refractivity contribution in [3.8, 4) is 0 Å². The van der Waals surface area contributed by atoms with Gasteiger partial charge in [-0.05, 0) is 31.9 Å². The minimum Gasteiger partial charge on any atom is -0.356 e. The van der Waals surface area contributed by atoms with Crippen LogP contribution in [0.1, 0.15) is 33.1 Å². The molecule has 0 spiro atoms. The van der Waals surface area contributed by atoms with Crippen LogP contribution in [0, 0.1) is 0 Å². The van der Waals surface area contributed by atoms with Crippen molar-refractivity contribution >= 4 is 17.7 Å². The van der Waals surface area contributed by atoms with Crippen molar-refractivity contribution in [3.05, 3.63) is 0 Å².